The summed E-state index contributed by atoms with van der Waals surface area (Å²) in [5.41, 5.74) is 7.08. The van der Waals surface area contributed by atoms with Crippen molar-refractivity contribution in [3.63, 3.8) is 0 Å². The third-order valence-electron chi connectivity index (χ3n) is 2.61. The van der Waals surface area contributed by atoms with Crippen molar-refractivity contribution in [1.82, 2.24) is 0 Å². The predicted octanol–water partition coefficient (Wildman–Crippen LogP) is 2.70. The summed E-state index contributed by atoms with van der Waals surface area (Å²) < 4.78 is 0. The molecule has 0 radical (unpaired) electrons. The molecule has 1 amide bonds. The second-order valence-corrected chi connectivity index (χ2v) is 4.56. The summed E-state index contributed by atoms with van der Waals surface area (Å²) in [4.78, 5) is 12.1. The lowest BCUT2D eigenvalue weighted by Gasteiger charge is -2.11. The van der Waals surface area contributed by atoms with Crippen molar-refractivity contribution >= 4 is 28.8 Å². The van der Waals surface area contributed by atoms with E-state index in [0.29, 0.717) is 4.99 Å². The number of hydrogen-bond donors (Lipinski definition) is 2. The van der Waals surface area contributed by atoms with Gasteiger partial charge in [0.2, 0.25) is 5.91 Å². The molecule has 1 aromatic carbocycles. The van der Waals surface area contributed by atoms with E-state index in [2.05, 4.69) is 12.2 Å². The van der Waals surface area contributed by atoms with E-state index in [4.69, 9.17) is 18.0 Å². The van der Waals surface area contributed by atoms with Crippen LogP contribution in [0.2, 0.25) is 0 Å². The number of rotatable bonds is 5. The van der Waals surface area contributed by atoms with Crippen LogP contribution in [0.25, 0.3) is 0 Å². The van der Waals surface area contributed by atoms with Gasteiger partial charge < -0.3 is 11.1 Å². The van der Waals surface area contributed by atoms with Gasteiger partial charge in [-0.3, -0.25) is 4.79 Å². The van der Waals surface area contributed by atoms with E-state index in [9.17, 15) is 4.79 Å². The van der Waals surface area contributed by atoms with Gasteiger partial charge in [-0.1, -0.05) is 32.5 Å². The number of anilines is 1. The topological polar surface area (TPSA) is 55.1 Å². The molecule has 17 heavy (non-hydrogen) atoms. The maximum atomic E-state index is 11.8. The number of amides is 1. The maximum Gasteiger partial charge on any atom is 0.227 e. The lowest BCUT2D eigenvalue weighted by atomic mass is 10.1. The number of nitrogens with one attached hydrogen (secondary N) is 1. The van der Waals surface area contributed by atoms with Crippen molar-refractivity contribution in [2.75, 3.05) is 5.32 Å². The highest BCUT2D eigenvalue weighted by Crippen LogP contribution is 2.13. The molecule has 3 nitrogen and oxygen atoms in total. The first-order chi connectivity index (χ1) is 8.04. The van der Waals surface area contributed by atoms with Gasteiger partial charge in [0.1, 0.15) is 4.99 Å². The Balaban J connectivity index is 2.63. The minimum absolute atomic E-state index is 0.0373. The lowest BCUT2D eigenvalue weighted by molar-refractivity contribution is -0.119. The van der Waals surface area contributed by atoms with Gasteiger partial charge in [0.25, 0.3) is 0 Å². The van der Waals surface area contributed by atoms with Crippen LogP contribution in [0.5, 0.6) is 0 Å². The molecule has 3 N–H and O–H groups in total. The Morgan fingerprint density at radius 2 is 2.00 bits per heavy atom. The van der Waals surface area contributed by atoms with Crippen LogP contribution in [-0.2, 0) is 4.79 Å². The summed E-state index contributed by atoms with van der Waals surface area (Å²) in [5, 5.41) is 2.87. The number of thiocarbonyl (C=S) groups is 1. The monoisotopic (exact) mass is 250 g/mol. The van der Waals surface area contributed by atoms with Crippen molar-refractivity contribution in [3.8, 4) is 0 Å². The van der Waals surface area contributed by atoms with Gasteiger partial charge in [-0.2, -0.15) is 0 Å². The fraction of sp³-hybridized carbons (Fsp3) is 0.385. The number of nitrogens with two attached hydrogens (primary N) is 1. The molecule has 0 aliphatic heterocycles. The highest BCUT2D eigenvalue weighted by atomic mass is 32.1. The van der Waals surface area contributed by atoms with Crippen LogP contribution in [0.3, 0.4) is 0 Å². The van der Waals surface area contributed by atoms with Gasteiger partial charge in [-0.15, -0.1) is 0 Å². The zero-order valence-corrected chi connectivity index (χ0v) is 11.0. The molecule has 1 unspecified atom stereocenters. The molecule has 92 valence electrons. The molecule has 0 bridgehead atoms. The normalized spacial score (nSPS) is 11.9. The van der Waals surface area contributed by atoms with Gasteiger partial charge in [0.15, 0.2) is 0 Å². The first-order valence-corrected chi connectivity index (χ1v) is 6.16. The number of benzene rings is 1. The van der Waals surface area contributed by atoms with E-state index < -0.39 is 0 Å². The zero-order chi connectivity index (χ0) is 12.8. The summed E-state index contributed by atoms with van der Waals surface area (Å²) in [5.74, 6) is 0.0881. The number of carbonyl (C=O) groups is 1. The van der Waals surface area contributed by atoms with Crippen LogP contribution in [-0.4, -0.2) is 10.9 Å². The highest BCUT2D eigenvalue weighted by molar-refractivity contribution is 7.80. The SMILES string of the molecule is CCCC(C)C(=O)Nc1ccc(C(N)=S)cc1. The van der Waals surface area contributed by atoms with Crippen molar-refractivity contribution < 1.29 is 4.79 Å². The van der Waals surface area contributed by atoms with Gasteiger partial charge in [0.05, 0.1) is 0 Å². The first kappa shape index (κ1) is 13.6. The quantitative estimate of drug-likeness (QED) is 0.790. The second-order valence-electron chi connectivity index (χ2n) is 4.12. The highest BCUT2D eigenvalue weighted by Gasteiger charge is 2.11. The van der Waals surface area contributed by atoms with Crippen molar-refractivity contribution in [3.05, 3.63) is 29.8 Å². The van der Waals surface area contributed by atoms with Crippen LogP contribution >= 0.6 is 12.2 Å². The van der Waals surface area contributed by atoms with E-state index in [1.54, 1.807) is 0 Å². The van der Waals surface area contributed by atoms with Crippen molar-refractivity contribution in [2.45, 2.75) is 26.7 Å². The van der Waals surface area contributed by atoms with E-state index in [1.807, 2.05) is 31.2 Å². The van der Waals surface area contributed by atoms with Crippen molar-refractivity contribution in [2.24, 2.45) is 11.7 Å². The molecular weight excluding hydrogens is 232 g/mol. The van der Waals surface area contributed by atoms with Crippen molar-refractivity contribution in [1.29, 1.82) is 0 Å². The number of carbonyl (C=O) groups excluding carboxylic acids is 1. The Kier molecular flexibility index (Phi) is 5.10. The van der Waals surface area contributed by atoms with Gasteiger partial charge in [0, 0.05) is 17.2 Å². The van der Waals surface area contributed by atoms with Crippen LogP contribution < -0.4 is 11.1 Å². The molecule has 0 saturated heterocycles. The number of hydrogen-bond acceptors (Lipinski definition) is 2. The molecular formula is C13H18N2OS. The smallest absolute Gasteiger partial charge is 0.227 e. The minimum Gasteiger partial charge on any atom is -0.389 e. The molecule has 0 fully saturated rings. The summed E-state index contributed by atoms with van der Waals surface area (Å²) in [6.07, 6.45) is 1.91. The van der Waals surface area contributed by atoms with Gasteiger partial charge >= 0.3 is 0 Å². The van der Waals surface area contributed by atoms with Crippen LogP contribution in [0.1, 0.15) is 32.3 Å². The van der Waals surface area contributed by atoms with E-state index in [0.717, 1.165) is 24.1 Å². The predicted molar refractivity (Wildman–Crippen MR) is 75.0 cm³/mol. The van der Waals surface area contributed by atoms with E-state index in [1.165, 1.54) is 0 Å². The molecule has 0 spiro atoms. The van der Waals surface area contributed by atoms with Crippen LogP contribution in [0, 0.1) is 5.92 Å². The Labute approximate surface area is 107 Å². The van der Waals surface area contributed by atoms with E-state index >= 15 is 0 Å². The molecule has 1 rings (SSSR count). The Morgan fingerprint density at radius 1 is 1.41 bits per heavy atom. The second kappa shape index (κ2) is 6.35. The summed E-state index contributed by atoms with van der Waals surface area (Å²) in [6.45, 7) is 4.00. The molecule has 1 atom stereocenters. The molecule has 0 aliphatic carbocycles. The first-order valence-electron chi connectivity index (χ1n) is 5.75. The molecule has 0 aromatic heterocycles. The largest absolute Gasteiger partial charge is 0.389 e. The zero-order valence-electron chi connectivity index (χ0n) is 10.2. The molecule has 0 heterocycles. The molecule has 1 aromatic rings. The fourth-order valence-corrected chi connectivity index (χ4v) is 1.68. The molecule has 0 saturated carbocycles. The average molecular weight is 250 g/mol. The fourth-order valence-electron chi connectivity index (χ4n) is 1.55. The molecule has 0 aliphatic rings. The lowest BCUT2D eigenvalue weighted by Crippen LogP contribution is -2.20. The Bertz CT molecular complexity index is 400. The summed E-state index contributed by atoms with van der Waals surface area (Å²) in [6, 6.07) is 7.24. The standard InChI is InChI=1S/C13H18N2OS/c1-3-4-9(2)13(16)15-11-7-5-10(6-8-11)12(14)17/h5-9H,3-4H2,1-2H3,(H2,14,17)(H,15,16). The Hall–Kier alpha value is -1.42. The Morgan fingerprint density at radius 3 is 2.47 bits per heavy atom. The molecule has 4 heteroatoms. The third kappa shape index (κ3) is 4.15. The van der Waals surface area contributed by atoms with Gasteiger partial charge in [-0.05, 0) is 30.7 Å². The summed E-state index contributed by atoms with van der Waals surface area (Å²) >= 11 is 4.86. The van der Waals surface area contributed by atoms with Gasteiger partial charge in [-0.25, -0.2) is 0 Å². The van der Waals surface area contributed by atoms with Crippen LogP contribution in [0.4, 0.5) is 5.69 Å². The van der Waals surface area contributed by atoms with E-state index in [-0.39, 0.29) is 11.8 Å². The van der Waals surface area contributed by atoms with Crippen LogP contribution in [0.15, 0.2) is 24.3 Å². The average Bonchev–Trinajstić information content (AvgIpc) is 2.30. The minimum atomic E-state index is 0.0373. The summed E-state index contributed by atoms with van der Waals surface area (Å²) in [7, 11) is 0. The third-order valence-corrected chi connectivity index (χ3v) is 2.84. The maximum absolute atomic E-state index is 11.8.